The van der Waals surface area contributed by atoms with Crippen molar-refractivity contribution >= 4 is 29.0 Å². The van der Waals surface area contributed by atoms with Crippen molar-refractivity contribution in [2.24, 2.45) is 0 Å². The normalized spacial score (nSPS) is 11.3. The first kappa shape index (κ1) is 17.6. The van der Waals surface area contributed by atoms with Crippen molar-refractivity contribution in [3.8, 4) is 22.9 Å². The number of fused-ring (bicyclic) bond motifs is 1. The maximum absolute atomic E-state index is 14.1. The van der Waals surface area contributed by atoms with Crippen LogP contribution in [0.3, 0.4) is 0 Å². The highest BCUT2D eigenvalue weighted by Gasteiger charge is 2.22. The van der Waals surface area contributed by atoms with Crippen molar-refractivity contribution in [3.05, 3.63) is 64.2 Å². The van der Waals surface area contributed by atoms with Crippen LogP contribution in [0.5, 0.6) is 0 Å². The zero-order valence-electron chi connectivity index (χ0n) is 13.5. The highest BCUT2D eigenvalue weighted by atomic mass is 35.5. The Morgan fingerprint density at radius 1 is 1.07 bits per heavy atom. The lowest BCUT2D eigenvalue weighted by Gasteiger charge is -2.12. The van der Waals surface area contributed by atoms with Crippen LogP contribution in [0, 0.1) is 11.6 Å². The molecule has 6 nitrogen and oxygen atoms in total. The molecule has 1 aromatic heterocycles. The Kier molecular flexibility index (Phi) is 4.37. The average molecular weight is 407 g/mol. The molecule has 10 heteroatoms. The fourth-order valence-corrected chi connectivity index (χ4v) is 3.09. The van der Waals surface area contributed by atoms with E-state index >= 15 is 0 Å². The Morgan fingerprint density at radius 2 is 1.89 bits per heavy atom. The van der Waals surface area contributed by atoms with Crippen LogP contribution in [0.25, 0.3) is 22.9 Å². The second-order valence-electron chi connectivity index (χ2n) is 5.66. The van der Waals surface area contributed by atoms with E-state index in [4.69, 9.17) is 28.9 Å². The lowest BCUT2D eigenvalue weighted by molar-refractivity contribution is 0.602. The van der Waals surface area contributed by atoms with Crippen LogP contribution in [0.1, 0.15) is 5.56 Å². The number of nitrogens with two attached hydrogens (primary N) is 1. The van der Waals surface area contributed by atoms with E-state index in [-0.39, 0.29) is 34.6 Å². The number of anilines is 1. The van der Waals surface area contributed by atoms with E-state index in [1.165, 1.54) is 12.5 Å². The summed E-state index contributed by atoms with van der Waals surface area (Å²) in [6.45, 7) is 0.194. The number of pyridine rings is 1. The fraction of sp³-hybridized carbons (Fsp3) is 0.0588. The van der Waals surface area contributed by atoms with Gasteiger partial charge in [0.15, 0.2) is 23.2 Å². The maximum atomic E-state index is 14.1. The number of rotatable bonds is 3. The zero-order valence-corrected chi connectivity index (χ0v) is 15.0. The number of hydrogen-bond acceptors (Lipinski definition) is 5. The predicted octanol–water partition coefficient (Wildman–Crippen LogP) is 4.06. The average Bonchev–Trinajstić information content (AvgIpc) is 3.08. The first-order valence-corrected chi connectivity index (χ1v) is 8.42. The van der Waals surface area contributed by atoms with E-state index in [0.29, 0.717) is 16.4 Å². The van der Waals surface area contributed by atoms with Crippen molar-refractivity contribution < 1.29 is 8.78 Å². The van der Waals surface area contributed by atoms with Crippen LogP contribution in [0.4, 0.5) is 14.6 Å². The summed E-state index contributed by atoms with van der Waals surface area (Å²) in [6.07, 6.45) is 2.93. The Morgan fingerprint density at radius 3 is 2.67 bits per heavy atom. The molecule has 2 aliphatic rings. The number of nitrogens with zero attached hydrogens (tertiary/aromatic N) is 5. The molecular formula is C17H10Cl2F2N6. The minimum absolute atomic E-state index is 0.00108. The largest absolute Gasteiger partial charge is 0.382 e. The van der Waals surface area contributed by atoms with Gasteiger partial charge in [-0.3, -0.25) is 0 Å². The first-order valence-electron chi connectivity index (χ1n) is 7.66. The molecule has 2 aromatic rings. The third-order valence-electron chi connectivity index (χ3n) is 3.94. The summed E-state index contributed by atoms with van der Waals surface area (Å²) in [6, 6.07) is 4.66. The molecule has 2 N–H and O–H groups in total. The Balaban J connectivity index is 1.86. The van der Waals surface area contributed by atoms with E-state index in [2.05, 4.69) is 19.9 Å². The van der Waals surface area contributed by atoms with Gasteiger partial charge < -0.3 is 10.3 Å². The molecule has 0 atom stereocenters. The van der Waals surface area contributed by atoms with Gasteiger partial charge in [-0.05, 0) is 24.3 Å². The van der Waals surface area contributed by atoms with Gasteiger partial charge in [0.1, 0.15) is 16.8 Å². The molecule has 136 valence electrons. The summed E-state index contributed by atoms with van der Waals surface area (Å²) in [7, 11) is 0. The first-order chi connectivity index (χ1) is 12.9. The van der Waals surface area contributed by atoms with Gasteiger partial charge in [0.05, 0.1) is 23.5 Å². The number of imidazole rings is 1. The van der Waals surface area contributed by atoms with Gasteiger partial charge in [0, 0.05) is 11.8 Å². The van der Waals surface area contributed by atoms with Gasteiger partial charge in [0.25, 0.3) is 0 Å². The predicted molar refractivity (Wildman–Crippen MR) is 97.6 cm³/mol. The molecule has 2 aliphatic heterocycles. The van der Waals surface area contributed by atoms with E-state index in [0.717, 1.165) is 18.2 Å². The zero-order chi connectivity index (χ0) is 19.1. The van der Waals surface area contributed by atoms with Crippen molar-refractivity contribution in [2.45, 2.75) is 6.54 Å². The summed E-state index contributed by atoms with van der Waals surface area (Å²) in [5, 5.41) is 0.652. The van der Waals surface area contributed by atoms with Gasteiger partial charge in [-0.1, -0.05) is 23.2 Å². The molecule has 0 amide bonds. The monoisotopic (exact) mass is 406 g/mol. The molecule has 0 fully saturated rings. The number of benzene rings is 1. The Labute approximate surface area is 162 Å². The molecule has 0 unspecified atom stereocenters. The lowest BCUT2D eigenvalue weighted by atomic mass is 10.2. The van der Waals surface area contributed by atoms with Crippen LogP contribution in [-0.2, 0) is 6.54 Å². The SMILES string of the molecule is Nc1ncn(Cc2c(Cl)ccnc2Cl)c2nc(-c3cc(F)ccc3F)nc1-2. The van der Waals surface area contributed by atoms with Crippen LogP contribution < -0.4 is 5.73 Å². The van der Waals surface area contributed by atoms with E-state index in [1.807, 2.05) is 0 Å². The van der Waals surface area contributed by atoms with Crippen molar-refractivity contribution in [1.29, 1.82) is 0 Å². The number of nitrogen functional groups attached to an aromatic ring is 1. The van der Waals surface area contributed by atoms with Crippen molar-refractivity contribution in [3.63, 3.8) is 0 Å². The number of hydrogen-bond donors (Lipinski definition) is 1. The van der Waals surface area contributed by atoms with E-state index < -0.39 is 11.6 Å². The molecule has 0 radical (unpaired) electrons. The molecule has 3 heterocycles. The van der Waals surface area contributed by atoms with Crippen LogP contribution in [0.2, 0.25) is 10.2 Å². The van der Waals surface area contributed by atoms with Gasteiger partial charge in [-0.25, -0.2) is 28.7 Å². The quantitative estimate of drug-likeness (QED) is 0.518. The minimum atomic E-state index is -0.650. The molecule has 0 bridgehead atoms. The van der Waals surface area contributed by atoms with Gasteiger partial charge in [-0.2, -0.15) is 0 Å². The Bertz CT molecular complexity index is 1110. The standard InChI is InChI=1S/C17H10Cl2F2N6/c18-11-3-4-23-14(19)10(11)6-27-7-24-15(22)13-17(27)26-16(25-13)9-5-8(20)1-2-12(9)21/h1-5,7H,6,22H2. The molecular weight excluding hydrogens is 397 g/mol. The van der Waals surface area contributed by atoms with Gasteiger partial charge in [-0.15, -0.1) is 0 Å². The molecule has 0 saturated heterocycles. The number of halogens is 4. The van der Waals surface area contributed by atoms with E-state index in [1.54, 1.807) is 10.6 Å². The molecule has 4 rings (SSSR count). The highest BCUT2D eigenvalue weighted by Crippen LogP contribution is 2.31. The molecule has 0 aliphatic carbocycles. The molecule has 0 saturated carbocycles. The maximum Gasteiger partial charge on any atom is 0.166 e. The second kappa shape index (κ2) is 6.71. The summed E-state index contributed by atoms with van der Waals surface area (Å²) >= 11 is 12.3. The second-order valence-corrected chi connectivity index (χ2v) is 6.43. The molecule has 1 aromatic carbocycles. The van der Waals surface area contributed by atoms with Gasteiger partial charge in [0.2, 0.25) is 0 Å². The topological polar surface area (TPSA) is 82.5 Å². The van der Waals surface area contributed by atoms with Crippen LogP contribution >= 0.6 is 23.2 Å². The third kappa shape index (κ3) is 3.17. The minimum Gasteiger partial charge on any atom is -0.382 e. The fourth-order valence-electron chi connectivity index (χ4n) is 2.62. The number of aromatic nitrogens is 5. The van der Waals surface area contributed by atoms with Gasteiger partial charge >= 0.3 is 0 Å². The smallest absolute Gasteiger partial charge is 0.166 e. The summed E-state index contributed by atoms with van der Waals surface area (Å²) in [4.78, 5) is 16.6. The van der Waals surface area contributed by atoms with Crippen molar-refractivity contribution in [1.82, 2.24) is 24.5 Å². The summed E-state index contributed by atoms with van der Waals surface area (Å²) in [5.74, 6) is -0.813. The lowest BCUT2D eigenvalue weighted by Crippen LogP contribution is -2.10. The molecule has 0 spiro atoms. The highest BCUT2D eigenvalue weighted by molar-refractivity contribution is 6.35. The molecule has 27 heavy (non-hydrogen) atoms. The Hall–Kier alpha value is -2.84. The van der Waals surface area contributed by atoms with Crippen LogP contribution in [-0.4, -0.2) is 24.5 Å². The summed E-state index contributed by atoms with van der Waals surface area (Å²) < 4.78 is 29.2. The van der Waals surface area contributed by atoms with E-state index in [9.17, 15) is 8.78 Å². The van der Waals surface area contributed by atoms with Crippen LogP contribution in [0.15, 0.2) is 36.8 Å². The third-order valence-corrected chi connectivity index (χ3v) is 4.62. The summed E-state index contributed by atoms with van der Waals surface area (Å²) in [5.41, 5.74) is 6.62. The van der Waals surface area contributed by atoms with Crippen molar-refractivity contribution in [2.75, 3.05) is 5.73 Å².